The molecule has 0 rings (SSSR count). The van der Waals surface area contributed by atoms with Crippen molar-refractivity contribution >= 4 is 17.8 Å². The predicted octanol–water partition coefficient (Wildman–Crippen LogP) is 18.4. The number of nitrogens with zero attached hydrogens (tertiary/aromatic N) is 1. The molecular formula is C57H105NO4. The van der Waals surface area contributed by atoms with Gasteiger partial charge in [0.1, 0.15) is 6.61 Å². The first-order valence-electron chi connectivity index (χ1n) is 27.4. The molecule has 0 radical (unpaired) electrons. The van der Waals surface area contributed by atoms with E-state index in [2.05, 4.69) is 57.2 Å². The van der Waals surface area contributed by atoms with Crippen LogP contribution in [0, 0.1) is 0 Å². The Hall–Kier alpha value is -2.17. The van der Waals surface area contributed by atoms with Crippen molar-refractivity contribution in [3.63, 3.8) is 0 Å². The van der Waals surface area contributed by atoms with Gasteiger partial charge in [0.2, 0.25) is 11.8 Å². The Bertz CT molecular complexity index is 1010. The highest BCUT2D eigenvalue weighted by atomic mass is 16.5. The molecule has 62 heavy (non-hydrogen) atoms. The molecule has 1 unspecified atom stereocenters. The molecule has 0 heterocycles. The summed E-state index contributed by atoms with van der Waals surface area (Å²) in [6.07, 6.45) is 62.6. The summed E-state index contributed by atoms with van der Waals surface area (Å²) >= 11 is 0. The van der Waals surface area contributed by atoms with Crippen molar-refractivity contribution < 1.29 is 19.1 Å². The molecule has 0 aromatic carbocycles. The van der Waals surface area contributed by atoms with Gasteiger partial charge in [0.05, 0.1) is 6.04 Å². The maximum atomic E-state index is 13.5. The molecule has 0 fully saturated rings. The van der Waals surface area contributed by atoms with Gasteiger partial charge < -0.3 is 4.74 Å². The number of hydrogen-bond acceptors (Lipinski definition) is 4. The Balaban J connectivity index is 4.54. The average Bonchev–Trinajstić information content (AvgIpc) is 3.27. The van der Waals surface area contributed by atoms with Crippen LogP contribution in [0.5, 0.6) is 0 Å². The van der Waals surface area contributed by atoms with Gasteiger partial charge in [0.25, 0.3) is 0 Å². The lowest BCUT2D eigenvalue weighted by molar-refractivity contribution is -0.154. The highest BCUT2D eigenvalue weighted by molar-refractivity contribution is 5.95. The molecule has 0 N–H and O–H groups in total. The van der Waals surface area contributed by atoms with Gasteiger partial charge in [-0.3, -0.25) is 19.3 Å². The largest absolute Gasteiger partial charge is 0.463 e. The van der Waals surface area contributed by atoms with E-state index in [0.29, 0.717) is 19.3 Å². The minimum absolute atomic E-state index is 0.0835. The number of allylic oxidation sites excluding steroid dienone is 6. The average molecular weight is 868 g/mol. The Morgan fingerprint density at radius 3 is 0.887 bits per heavy atom. The lowest BCUT2D eigenvalue weighted by Gasteiger charge is -2.27. The minimum atomic E-state index is -0.445. The molecule has 362 valence electrons. The number of unbranched alkanes of at least 4 members (excludes halogenated alkanes) is 33. The molecule has 0 aliphatic carbocycles. The number of hydrogen-bond donors (Lipinski definition) is 0. The third-order valence-corrected chi connectivity index (χ3v) is 12.4. The first kappa shape index (κ1) is 59.8. The Morgan fingerprint density at radius 1 is 0.355 bits per heavy atom. The Labute approximate surface area is 386 Å². The van der Waals surface area contributed by atoms with E-state index in [1.807, 2.05) is 6.92 Å². The summed E-state index contributed by atoms with van der Waals surface area (Å²) in [6.45, 7) is 8.75. The summed E-state index contributed by atoms with van der Waals surface area (Å²) in [7, 11) is 0. The lowest BCUT2D eigenvalue weighted by Crippen LogP contribution is -2.45. The monoisotopic (exact) mass is 868 g/mol. The van der Waals surface area contributed by atoms with Crippen LogP contribution in [0.1, 0.15) is 297 Å². The summed E-state index contributed by atoms with van der Waals surface area (Å²) in [5.41, 5.74) is 0. The summed E-state index contributed by atoms with van der Waals surface area (Å²) in [4.78, 5) is 41.2. The van der Waals surface area contributed by atoms with Crippen molar-refractivity contribution in [2.24, 2.45) is 0 Å². The van der Waals surface area contributed by atoms with E-state index in [9.17, 15) is 14.4 Å². The number of rotatable bonds is 48. The zero-order valence-electron chi connectivity index (χ0n) is 42.0. The first-order valence-corrected chi connectivity index (χ1v) is 27.4. The van der Waals surface area contributed by atoms with Crippen LogP contribution in [0.15, 0.2) is 36.5 Å². The Kier molecular flexibility index (Phi) is 48.1. The third-order valence-electron chi connectivity index (χ3n) is 12.4. The Morgan fingerprint density at radius 2 is 0.597 bits per heavy atom. The second-order valence-corrected chi connectivity index (χ2v) is 18.7. The number of imide groups is 1. The van der Waals surface area contributed by atoms with Crippen LogP contribution in [0.25, 0.3) is 0 Å². The fraction of sp³-hybridized carbons (Fsp3) is 0.842. The summed E-state index contributed by atoms with van der Waals surface area (Å²) in [5.74, 6) is -0.439. The molecule has 0 saturated carbocycles. The minimum Gasteiger partial charge on any atom is -0.463 e. The van der Waals surface area contributed by atoms with Crippen LogP contribution in [0.3, 0.4) is 0 Å². The first-order chi connectivity index (χ1) is 30.5. The van der Waals surface area contributed by atoms with Crippen molar-refractivity contribution in [2.75, 3.05) is 6.61 Å². The maximum absolute atomic E-state index is 13.5. The van der Waals surface area contributed by atoms with Gasteiger partial charge in [-0.2, -0.15) is 0 Å². The molecule has 2 amide bonds. The van der Waals surface area contributed by atoms with Gasteiger partial charge in [-0.05, 0) is 103 Å². The molecule has 0 saturated heterocycles. The van der Waals surface area contributed by atoms with Gasteiger partial charge in [-0.25, -0.2) is 0 Å². The van der Waals surface area contributed by atoms with Gasteiger partial charge in [0.15, 0.2) is 0 Å². The zero-order chi connectivity index (χ0) is 45.2. The van der Waals surface area contributed by atoms with Crippen LogP contribution in [-0.4, -0.2) is 35.3 Å². The molecule has 1 atom stereocenters. The van der Waals surface area contributed by atoms with E-state index in [1.54, 1.807) is 0 Å². The van der Waals surface area contributed by atoms with Gasteiger partial charge in [-0.15, -0.1) is 0 Å². The molecule has 0 spiro atoms. The molecule has 0 aliphatic heterocycles. The van der Waals surface area contributed by atoms with Crippen LogP contribution < -0.4 is 0 Å². The standard InChI is InChI=1S/C57H105NO4/c1-5-8-11-14-17-20-23-26-29-32-35-38-41-44-47-50-55(59)58(56(60)51-48-45-42-39-36-33-30-27-24-21-18-15-12-9-6-2)54(4)53-62-57(61)52-49-46-43-40-37-34-31-28-25-22-19-16-13-10-7-3/h26-31,54H,5-25,32-53H2,1-4H3. The van der Waals surface area contributed by atoms with Crippen molar-refractivity contribution in [1.29, 1.82) is 0 Å². The summed E-state index contributed by atoms with van der Waals surface area (Å²) in [5, 5.41) is 0. The summed E-state index contributed by atoms with van der Waals surface area (Å²) in [6, 6.07) is -0.445. The highest BCUT2D eigenvalue weighted by Gasteiger charge is 2.27. The van der Waals surface area contributed by atoms with Crippen molar-refractivity contribution in [1.82, 2.24) is 4.90 Å². The molecular weight excluding hydrogens is 763 g/mol. The fourth-order valence-electron chi connectivity index (χ4n) is 8.27. The number of carbonyl (C=O) groups is 3. The fourth-order valence-corrected chi connectivity index (χ4v) is 8.27. The van der Waals surface area contributed by atoms with Gasteiger partial charge in [-0.1, -0.05) is 211 Å². The van der Waals surface area contributed by atoms with E-state index in [-0.39, 0.29) is 24.4 Å². The van der Waals surface area contributed by atoms with Crippen LogP contribution in [0.4, 0.5) is 0 Å². The van der Waals surface area contributed by atoms with E-state index in [1.165, 1.54) is 178 Å². The van der Waals surface area contributed by atoms with Crippen molar-refractivity contribution in [3.8, 4) is 0 Å². The van der Waals surface area contributed by atoms with Crippen molar-refractivity contribution in [2.45, 2.75) is 303 Å². The number of esters is 1. The number of ether oxygens (including phenoxy) is 1. The molecule has 0 aliphatic rings. The number of amides is 2. The van der Waals surface area contributed by atoms with E-state index in [4.69, 9.17) is 4.74 Å². The van der Waals surface area contributed by atoms with E-state index in [0.717, 1.165) is 77.0 Å². The third kappa shape index (κ3) is 43.1. The SMILES string of the molecule is CCCCCCCCC=CCCCCCCCC(=O)OCC(C)N(C(=O)CCCCCCCC=CCCCCCCCC)C(=O)CCCCCCCC=CCCCCCCCC. The quantitative estimate of drug-likeness (QED) is 0.0347. The highest BCUT2D eigenvalue weighted by Crippen LogP contribution is 2.17. The molecule has 0 bridgehead atoms. The van der Waals surface area contributed by atoms with Crippen LogP contribution in [0.2, 0.25) is 0 Å². The van der Waals surface area contributed by atoms with E-state index < -0.39 is 6.04 Å². The second-order valence-electron chi connectivity index (χ2n) is 18.7. The normalized spacial score (nSPS) is 12.3. The van der Waals surface area contributed by atoms with Gasteiger partial charge in [0, 0.05) is 19.3 Å². The smallest absolute Gasteiger partial charge is 0.305 e. The van der Waals surface area contributed by atoms with Gasteiger partial charge >= 0.3 is 5.97 Å². The maximum Gasteiger partial charge on any atom is 0.305 e. The molecule has 0 aromatic heterocycles. The topological polar surface area (TPSA) is 63.7 Å². The molecule has 5 heteroatoms. The molecule has 0 aromatic rings. The lowest BCUT2D eigenvalue weighted by atomic mass is 10.1. The predicted molar refractivity (Wildman–Crippen MR) is 271 cm³/mol. The zero-order valence-corrected chi connectivity index (χ0v) is 42.0. The van der Waals surface area contributed by atoms with Crippen LogP contribution in [-0.2, 0) is 19.1 Å². The van der Waals surface area contributed by atoms with E-state index >= 15 is 0 Å². The molecule has 5 nitrogen and oxygen atoms in total. The summed E-state index contributed by atoms with van der Waals surface area (Å²) < 4.78 is 5.66. The number of carbonyl (C=O) groups excluding carboxylic acids is 3. The second kappa shape index (κ2) is 49.8. The van der Waals surface area contributed by atoms with Crippen LogP contribution >= 0.6 is 0 Å². The van der Waals surface area contributed by atoms with Crippen molar-refractivity contribution in [3.05, 3.63) is 36.5 Å².